The zero-order valence-corrected chi connectivity index (χ0v) is 10.7. The number of fused-ring (bicyclic) bond motifs is 1. The third kappa shape index (κ3) is 2.21. The molecule has 3 heterocycles. The lowest BCUT2D eigenvalue weighted by atomic mass is 10.3. The van der Waals surface area contributed by atoms with Gasteiger partial charge in [0.15, 0.2) is 11.7 Å². The fraction of sp³-hybridized carbons (Fsp3) is 0.111. The van der Waals surface area contributed by atoms with Crippen molar-refractivity contribution in [1.82, 2.24) is 30.0 Å². The molecule has 1 unspecified atom stereocenters. The molecule has 3 aromatic heterocycles. The fourth-order valence-corrected chi connectivity index (χ4v) is 2.28. The van der Waals surface area contributed by atoms with E-state index in [2.05, 4.69) is 25.6 Å². The minimum Gasteiger partial charge on any atom is -0.376 e. The van der Waals surface area contributed by atoms with Gasteiger partial charge in [-0.2, -0.15) is 0 Å². The summed E-state index contributed by atoms with van der Waals surface area (Å²) in [6.07, 6.45) is 2.97. The van der Waals surface area contributed by atoms with E-state index >= 15 is 0 Å². The summed E-state index contributed by atoms with van der Waals surface area (Å²) >= 11 is 0. The van der Waals surface area contributed by atoms with E-state index in [-0.39, 0.29) is 5.56 Å². The quantitative estimate of drug-likeness (QED) is 0.480. The molecule has 3 rings (SSSR count). The molecule has 10 nitrogen and oxygen atoms in total. The molecule has 0 saturated carbocycles. The van der Waals surface area contributed by atoms with Gasteiger partial charge in [0.05, 0.1) is 0 Å². The Hall–Kier alpha value is -2.13. The summed E-state index contributed by atoms with van der Waals surface area (Å²) in [6.45, 7) is 0. The Morgan fingerprint density at radius 2 is 2.10 bits per heavy atom. The van der Waals surface area contributed by atoms with Crippen molar-refractivity contribution < 1.29 is 19.5 Å². The predicted octanol–water partition coefficient (Wildman–Crippen LogP) is -0.317. The minimum absolute atomic E-state index is 0.0884. The zero-order chi connectivity index (χ0) is 14.3. The van der Waals surface area contributed by atoms with Gasteiger partial charge in [0.1, 0.15) is 11.3 Å². The van der Waals surface area contributed by atoms with E-state index in [9.17, 15) is 9.67 Å². The van der Waals surface area contributed by atoms with Crippen LogP contribution in [-0.4, -0.2) is 44.9 Å². The number of nitrogens with one attached hydrogen (secondary N) is 1. The number of tetrazole rings is 1. The highest BCUT2D eigenvalue weighted by atomic mass is 31.2. The van der Waals surface area contributed by atoms with Crippen molar-refractivity contribution in [1.29, 1.82) is 0 Å². The Kier molecular flexibility index (Phi) is 2.87. The number of aromatic amines is 1. The number of aliphatic hydroxyl groups excluding tert-OH is 1. The highest BCUT2D eigenvalue weighted by molar-refractivity contribution is 7.51. The lowest BCUT2D eigenvalue weighted by Crippen LogP contribution is -1.99. The van der Waals surface area contributed by atoms with Crippen LogP contribution in [0.4, 0.5) is 0 Å². The lowest BCUT2D eigenvalue weighted by molar-refractivity contribution is 0.205. The second kappa shape index (κ2) is 4.46. The number of nitrogens with zero attached hydrogens (tertiary/aromatic N) is 5. The Morgan fingerprint density at radius 1 is 1.30 bits per heavy atom. The smallest absolute Gasteiger partial charge is 0.358 e. The number of imidazole rings is 1. The van der Waals surface area contributed by atoms with Gasteiger partial charge >= 0.3 is 7.60 Å². The highest BCUT2D eigenvalue weighted by Gasteiger charge is 2.28. The Labute approximate surface area is 111 Å². The Morgan fingerprint density at radius 3 is 2.75 bits per heavy atom. The molecule has 1 atom stereocenters. The van der Waals surface area contributed by atoms with E-state index < -0.39 is 13.4 Å². The van der Waals surface area contributed by atoms with Crippen LogP contribution in [0, 0.1) is 0 Å². The van der Waals surface area contributed by atoms with Gasteiger partial charge in [-0.15, -0.1) is 5.10 Å². The van der Waals surface area contributed by atoms with Crippen molar-refractivity contribution in [3.8, 4) is 11.5 Å². The molecule has 0 amide bonds. The zero-order valence-electron chi connectivity index (χ0n) is 9.82. The molecule has 4 N–H and O–H groups in total. The molecule has 0 aromatic carbocycles. The van der Waals surface area contributed by atoms with Crippen LogP contribution >= 0.6 is 7.60 Å². The molecule has 0 spiro atoms. The van der Waals surface area contributed by atoms with E-state index in [1.165, 1.54) is 22.7 Å². The van der Waals surface area contributed by atoms with Crippen LogP contribution in [0.2, 0.25) is 0 Å². The Bertz CT molecular complexity index is 794. The molecule has 0 aliphatic heterocycles. The van der Waals surface area contributed by atoms with Gasteiger partial charge in [0, 0.05) is 18.0 Å². The summed E-state index contributed by atoms with van der Waals surface area (Å²) in [7, 11) is -4.61. The molecule has 104 valence electrons. The second-order valence-electron chi connectivity index (χ2n) is 4.07. The number of H-pyrrole nitrogens is 1. The maximum Gasteiger partial charge on any atom is 0.358 e. The first-order valence-electron chi connectivity index (χ1n) is 5.41. The van der Waals surface area contributed by atoms with Gasteiger partial charge in [0.2, 0.25) is 0 Å². The maximum atomic E-state index is 11.0. The molecule has 0 bridgehead atoms. The Balaban J connectivity index is 2.06. The average Bonchev–Trinajstić information content (AvgIpc) is 3.04. The molecule has 0 fully saturated rings. The summed E-state index contributed by atoms with van der Waals surface area (Å²) in [4.78, 5) is 22.2. The van der Waals surface area contributed by atoms with E-state index in [0.29, 0.717) is 17.2 Å². The summed E-state index contributed by atoms with van der Waals surface area (Å²) in [5.41, 5.74) is 1.08. The monoisotopic (exact) mass is 296 g/mol. The van der Waals surface area contributed by atoms with Crippen LogP contribution in [0.25, 0.3) is 17.2 Å². The van der Waals surface area contributed by atoms with Gasteiger partial charge in [0.25, 0.3) is 0 Å². The molecule has 20 heavy (non-hydrogen) atoms. The molecular weight excluding hydrogens is 287 g/mol. The van der Waals surface area contributed by atoms with Gasteiger partial charge < -0.3 is 19.3 Å². The molecule has 0 aliphatic rings. The first-order valence-corrected chi connectivity index (χ1v) is 7.09. The normalized spacial score (nSPS) is 13.8. The van der Waals surface area contributed by atoms with Crippen molar-refractivity contribution >= 4 is 13.2 Å². The lowest BCUT2D eigenvalue weighted by Gasteiger charge is -2.12. The maximum absolute atomic E-state index is 11.0. The van der Waals surface area contributed by atoms with Crippen molar-refractivity contribution in [3.05, 3.63) is 30.1 Å². The minimum atomic E-state index is -4.61. The second-order valence-corrected chi connectivity index (χ2v) is 5.73. The SMILES string of the molecule is O=P(O)(O)C(O)c1ccc2nc(-c3nnn[nH]3)cn2c1. The van der Waals surface area contributed by atoms with Crippen LogP contribution < -0.4 is 0 Å². The van der Waals surface area contributed by atoms with E-state index in [0.717, 1.165) is 0 Å². The van der Waals surface area contributed by atoms with Crippen LogP contribution in [0.3, 0.4) is 0 Å². The van der Waals surface area contributed by atoms with Gasteiger partial charge in [-0.1, -0.05) is 6.07 Å². The summed E-state index contributed by atoms with van der Waals surface area (Å²) in [5.74, 6) is -1.50. The summed E-state index contributed by atoms with van der Waals surface area (Å²) < 4.78 is 12.6. The van der Waals surface area contributed by atoms with Crippen molar-refractivity contribution in [2.24, 2.45) is 0 Å². The molecular formula is C9H9N6O4P. The van der Waals surface area contributed by atoms with Crippen LogP contribution in [0.1, 0.15) is 11.4 Å². The number of aromatic nitrogens is 6. The van der Waals surface area contributed by atoms with E-state index in [1.807, 2.05) is 0 Å². The van der Waals surface area contributed by atoms with Gasteiger partial charge in [-0.05, 0) is 16.5 Å². The molecule has 3 aromatic rings. The molecule has 0 radical (unpaired) electrons. The predicted molar refractivity (Wildman–Crippen MR) is 65.4 cm³/mol. The third-order valence-corrected chi connectivity index (χ3v) is 3.61. The first kappa shape index (κ1) is 12.9. The number of aliphatic hydroxyl groups is 1. The topological polar surface area (TPSA) is 150 Å². The first-order chi connectivity index (χ1) is 9.45. The summed E-state index contributed by atoms with van der Waals surface area (Å²) in [6, 6.07) is 2.93. The molecule has 0 saturated heterocycles. The van der Waals surface area contributed by atoms with Crippen molar-refractivity contribution in [3.63, 3.8) is 0 Å². The fourth-order valence-electron chi connectivity index (χ4n) is 1.74. The largest absolute Gasteiger partial charge is 0.376 e. The highest BCUT2D eigenvalue weighted by Crippen LogP contribution is 2.49. The van der Waals surface area contributed by atoms with Crippen LogP contribution in [0.15, 0.2) is 24.5 Å². The number of rotatable bonds is 3. The van der Waals surface area contributed by atoms with Gasteiger partial charge in [-0.25, -0.2) is 10.1 Å². The third-order valence-electron chi connectivity index (χ3n) is 2.68. The van der Waals surface area contributed by atoms with Gasteiger partial charge in [-0.3, -0.25) is 4.57 Å². The van der Waals surface area contributed by atoms with Crippen molar-refractivity contribution in [2.45, 2.75) is 5.85 Å². The average molecular weight is 296 g/mol. The van der Waals surface area contributed by atoms with Crippen LogP contribution in [0.5, 0.6) is 0 Å². The van der Waals surface area contributed by atoms with E-state index in [1.54, 1.807) is 6.20 Å². The summed E-state index contributed by atoms with van der Waals surface area (Å²) in [5, 5.41) is 22.7. The number of hydrogen-bond acceptors (Lipinski definition) is 6. The van der Waals surface area contributed by atoms with Crippen LogP contribution in [-0.2, 0) is 4.57 Å². The van der Waals surface area contributed by atoms with E-state index in [4.69, 9.17) is 9.79 Å². The standard InChI is InChI=1S/C9H9N6O4P/c16-9(20(17,18)19)5-1-2-7-10-6(4-15(7)3-5)8-11-13-14-12-8/h1-4,9,16H,(H2,17,18,19)(H,11,12,13,14). The van der Waals surface area contributed by atoms with Crippen molar-refractivity contribution in [2.75, 3.05) is 0 Å². The molecule has 11 heteroatoms. The molecule has 0 aliphatic carbocycles. The number of pyridine rings is 1. The number of hydrogen-bond donors (Lipinski definition) is 4.